The highest BCUT2D eigenvalue weighted by molar-refractivity contribution is 7.99. The molecule has 0 spiro atoms. The Morgan fingerprint density at radius 2 is 2.11 bits per heavy atom. The third-order valence-electron chi connectivity index (χ3n) is 2.29. The molecular weight excluding hydrogens is 307 g/mol. The second kappa shape index (κ2) is 5.86. The van der Waals surface area contributed by atoms with E-state index in [2.05, 4.69) is 5.10 Å². The Bertz CT molecular complexity index is 628. The fourth-order valence-corrected chi connectivity index (χ4v) is 2.60. The highest BCUT2D eigenvalue weighted by Crippen LogP contribution is 2.28. The van der Waals surface area contributed by atoms with Gasteiger partial charge in [0.1, 0.15) is 5.03 Å². The maximum absolute atomic E-state index is 10.6. The number of carboxylic acids is 1. The average molecular weight is 317 g/mol. The summed E-state index contributed by atoms with van der Waals surface area (Å²) in [5.41, 5.74) is 1.55. The Hall–Kier alpha value is -1.17. The molecule has 0 amide bonds. The Morgan fingerprint density at radius 3 is 2.74 bits per heavy atom. The van der Waals surface area contributed by atoms with Gasteiger partial charge in [0.15, 0.2) is 0 Å². The summed E-state index contributed by atoms with van der Waals surface area (Å²) < 4.78 is 1.66. The first kappa shape index (κ1) is 14.2. The zero-order valence-corrected chi connectivity index (χ0v) is 12.3. The number of thioether (sulfide) groups is 1. The quantitative estimate of drug-likeness (QED) is 0.874. The van der Waals surface area contributed by atoms with Gasteiger partial charge in [-0.05, 0) is 31.2 Å². The van der Waals surface area contributed by atoms with Gasteiger partial charge in [-0.3, -0.25) is 4.79 Å². The number of carboxylic acid groups (broad SMARTS) is 1. The minimum Gasteiger partial charge on any atom is -0.481 e. The van der Waals surface area contributed by atoms with Gasteiger partial charge in [-0.1, -0.05) is 35.0 Å². The summed E-state index contributed by atoms with van der Waals surface area (Å²) in [6, 6.07) is 6.99. The van der Waals surface area contributed by atoms with E-state index >= 15 is 0 Å². The van der Waals surface area contributed by atoms with Gasteiger partial charge in [0.2, 0.25) is 0 Å². The second-order valence-electron chi connectivity index (χ2n) is 3.82. The van der Waals surface area contributed by atoms with E-state index < -0.39 is 5.97 Å². The van der Waals surface area contributed by atoms with Crippen LogP contribution in [0.1, 0.15) is 5.69 Å². The van der Waals surface area contributed by atoms with E-state index in [-0.39, 0.29) is 5.75 Å². The van der Waals surface area contributed by atoms with E-state index in [1.54, 1.807) is 22.9 Å². The summed E-state index contributed by atoms with van der Waals surface area (Å²) in [6.07, 6.45) is 0. The molecule has 0 aliphatic heterocycles. The maximum Gasteiger partial charge on any atom is 0.313 e. The molecule has 0 bridgehead atoms. The number of hydrogen-bond donors (Lipinski definition) is 1. The summed E-state index contributed by atoms with van der Waals surface area (Å²) in [6.45, 7) is 1.85. The van der Waals surface area contributed by atoms with Crippen LogP contribution in [0.15, 0.2) is 29.3 Å². The van der Waals surface area contributed by atoms with Crippen LogP contribution in [-0.2, 0) is 4.79 Å². The van der Waals surface area contributed by atoms with Crippen LogP contribution in [0.5, 0.6) is 0 Å². The van der Waals surface area contributed by atoms with Crippen LogP contribution in [0.4, 0.5) is 0 Å². The number of aromatic nitrogens is 2. The monoisotopic (exact) mass is 316 g/mol. The van der Waals surface area contributed by atoms with Crippen LogP contribution >= 0.6 is 35.0 Å². The molecule has 1 N–H and O–H groups in total. The van der Waals surface area contributed by atoms with E-state index in [1.807, 2.05) is 13.0 Å². The zero-order chi connectivity index (χ0) is 14.0. The number of hydrogen-bond acceptors (Lipinski definition) is 3. The Morgan fingerprint density at radius 1 is 1.37 bits per heavy atom. The van der Waals surface area contributed by atoms with Crippen LogP contribution in [-0.4, -0.2) is 26.6 Å². The summed E-state index contributed by atoms with van der Waals surface area (Å²) in [4.78, 5) is 10.6. The molecule has 0 saturated heterocycles. The summed E-state index contributed by atoms with van der Waals surface area (Å²) in [5, 5.41) is 14.7. The molecule has 0 fully saturated rings. The molecular formula is C12H10Cl2N2O2S. The second-order valence-corrected chi connectivity index (χ2v) is 5.63. The van der Waals surface area contributed by atoms with Crippen molar-refractivity contribution < 1.29 is 9.90 Å². The molecule has 0 unspecified atom stereocenters. The third kappa shape index (κ3) is 3.43. The van der Waals surface area contributed by atoms with Gasteiger partial charge in [0.25, 0.3) is 0 Å². The molecule has 0 saturated carbocycles. The smallest absolute Gasteiger partial charge is 0.313 e. The fourth-order valence-electron chi connectivity index (χ4n) is 1.52. The van der Waals surface area contributed by atoms with E-state index in [9.17, 15) is 4.79 Å². The Balaban J connectivity index is 2.37. The standard InChI is InChI=1S/C12H10Cl2N2O2S/c1-7-4-11(19-6-12(17)18)16(15-7)8-2-3-9(13)10(14)5-8/h2-5H,6H2,1H3,(H,17,18). The van der Waals surface area contributed by atoms with Crippen LogP contribution in [0.3, 0.4) is 0 Å². The number of halogens is 2. The van der Waals surface area contributed by atoms with Gasteiger partial charge in [-0.25, -0.2) is 4.68 Å². The van der Waals surface area contributed by atoms with Crippen molar-refractivity contribution in [3.05, 3.63) is 40.0 Å². The zero-order valence-electron chi connectivity index (χ0n) is 9.93. The molecule has 1 heterocycles. The van der Waals surface area contributed by atoms with Crippen molar-refractivity contribution in [1.82, 2.24) is 9.78 Å². The van der Waals surface area contributed by atoms with Gasteiger partial charge in [0.05, 0.1) is 27.2 Å². The van der Waals surface area contributed by atoms with E-state index in [4.69, 9.17) is 28.3 Å². The van der Waals surface area contributed by atoms with Crippen molar-refractivity contribution in [3.8, 4) is 5.69 Å². The minimum absolute atomic E-state index is 0.0214. The molecule has 1 aromatic heterocycles. The lowest BCUT2D eigenvalue weighted by Crippen LogP contribution is -2.02. The van der Waals surface area contributed by atoms with Crippen LogP contribution in [0, 0.1) is 6.92 Å². The number of aliphatic carboxylic acids is 1. The molecule has 0 aliphatic carbocycles. The van der Waals surface area contributed by atoms with Crippen LogP contribution in [0.2, 0.25) is 10.0 Å². The van der Waals surface area contributed by atoms with Crippen molar-refractivity contribution in [2.45, 2.75) is 11.9 Å². The molecule has 0 aliphatic rings. The molecule has 2 aromatic rings. The molecule has 4 nitrogen and oxygen atoms in total. The van der Waals surface area contributed by atoms with E-state index in [1.165, 1.54) is 11.8 Å². The largest absolute Gasteiger partial charge is 0.481 e. The topological polar surface area (TPSA) is 55.1 Å². The Labute approximate surface area is 124 Å². The van der Waals surface area contributed by atoms with Crippen LogP contribution in [0.25, 0.3) is 5.69 Å². The SMILES string of the molecule is Cc1cc(SCC(=O)O)n(-c2ccc(Cl)c(Cl)c2)n1. The van der Waals surface area contributed by atoms with Gasteiger partial charge in [-0.2, -0.15) is 5.10 Å². The molecule has 1 aromatic carbocycles. The lowest BCUT2D eigenvalue weighted by atomic mass is 10.3. The summed E-state index contributed by atoms with van der Waals surface area (Å²) in [5.74, 6) is -0.892. The number of carbonyl (C=O) groups is 1. The molecule has 2 rings (SSSR count). The first-order valence-electron chi connectivity index (χ1n) is 5.34. The maximum atomic E-state index is 10.6. The average Bonchev–Trinajstić information content (AvgIpc) is 2.71. The molecule has 7 heteroatoms. The number of aryl methyl sites for hydroxylation is 1. The van der Waals surface area contributed by atoms with Crippen molar-refractivity contribution in [2.75, 3.05) is 5.75 Å². The highest BCUT2D eigenvalue weighted by atomic mass is 35.5. The lowest BCUT2D eigenvalue weighted by molar-refractivity contribution is -0.133. The first-order chi connectivity index (χ1) is 8.97. The number of rotatable bonds is 4. The van der Waals surface area contributed by atoms with Crippen molar-refractivity contribution in [3.63, 3.8) is 0 Å². The van der Waals surface area contributed by atoms with Crippen molar-refractivity contribution >= 4 is 40.9 Å². The van der Waals surface area contributed by atoms with E-state index in [0.29, 0.717) is 10.0 Å². The lowest BCUT2D eigenvalue weighted by Gasteiger charge is -2.07. The minimum atomic E-state index is -0.871. The van der Waals surface area contributed by atoms with Gasteiger partial charge in [0, 0.05) is 0 Å². The third-order valence-corrected chi connectivity index (χ3v) is 4.01. The van der Waals surface area contributed by atoms with E-state index in [0.717, 1.165) is 16.4 Å². The molecule has 19 heavy (non-hydrogen) atoms. The Kier molecular flexibility index (Phi) is 4.39. The molecule has 100 valence electrons. The predicted molar refractivity (Wildman–Crippen MR) is 76.7 cm³/mol. The number of benzene rings is 1. The number of nitrogens with zero attached hydrogens (tertiary/aromatic N) is 2. The van der Waals surface area contributed by atoms with Gasteiger partial charge >= 0.3 is 5.97 Å². The van der Waals surface area contributed by atoms with Gasteiger partial charge in [-0.15, -0.1) is 0 Å². The normalized spacial score (nSPS) is 10.7. The molecule has 0 atom stereocenters. The molecule has 0 radical (unpaired) electrons. The van der Waals surface area contributed by atoms with Crippen molar-refractivity contribution in [1.29, 1.82) is 0 Å². The van der Waals surface area contributed by atoms with Crippen LogP contribution < -0.4 is 0 Å². The summed E-state index contributed by atoms with van der Waals surface area (Å²) in [7, 11) is 0. The highest BCUT2D eigenvalue weighted by Gasteiger charge is 2.11. The first-order valence-corrected chi connectivity index (χ1v) is 7.08. The van der Waals surface area contributed by atoms with Gasteiger partial charge < -0.3 is 5.11 Å². The van der Waals surface area contributed by atoms with Crippen molar-refractivity contribution in [2.24, 2.45) is 0 Å². The fraction of sp³-hybridized carbons (Fsp3) is 0.167. The predicted octanol–water partition coefficient (Wildman–Crippen LogP) is 3.66. The summed E-state index contributed by atoms with van der Waals surface area (Å²) >= 11 is 13.1.